The molecule has 0 saturated heterocycles. The van der Waals surface area contributed by atoms with Crippen molar-refractivity contribution in [2.45, 2.75) is 25.2 Å². The van der Waals surface area contributed by atoms with E-state index in [4.69, 9.17) is 14.6 Å². The number of nitrogens with one attached hydrogen (secondary N) is 2. The van der Waals surface area contributed by atoms with Crippen LogP contribution in [0.4, 0.5) is 4.79 Å². The van der Waals surface area contributed by atoms with E-state index in [0.29, 0.717) is 25.8 Å². The quantitative estimate of drug-likeness (QED) is 0.437. The molecule has 0 spiro atoms. The molecular weight excluding hydrogens is 412 g/mol. The third kappa shape index (κ3) is 6.55. The molecule has 0 bridgehead atoms. The van der Waals surface area contributed by atoms with Gasteiger partial charge in [0.25, 0.3) is 0 Å². The summed E-state index contributed by atoms with van der Waals surface area (Å²) in [6.07, 6.45) is 1.12. The molecule has 3 rings (SSSR count). The Balaban J connectivity index is 1.30. The first-order valence-corrected chi connectivity index (χ1v) is 10.7. The smallest absolute Gasteiger partial charge is 0.407 e. The molecule has 2 aromatic rings. The molecule has 0 saturated carbocycles. The van der Waals surface area contributed by atoms with Crippen LogP contribution in [0.3, 0.4) is 0 Å². The van der Waals surface area contributed by atoms with Gasteiger partial charge in [-0.1, -0.05) is 48.5 Å². The minimum absolute atomic E-state index is 0.0244. The largest absolute Gasteiger partial charge is 0.480 e. The number of hydrogen-bond acceptors (Lipinski definition) is 5. The zero-order valence-corrected chi connectivity index (χ0v) is 17.8. The molecule has 0 heterocycles. The highest BCUT2D eigenvalue weighted by Gasteiger charge is 2.28. The van der Waals surface area contributed by atoms with Crippen LogP contribution in [0.25, 0.3) is 11.1 Å². The van der Waals surface area contributed by atoms with E-state index in [-0.39, 0.29) is 38.2 Å². The Morgan fingerprint density at radius 1 is 0.875 bits per heavy atom. The third-order valence-corrected chi connectivity index (χ3v) is 5.24. The molecule has 1 aliphatic rings. The topological polar surface area (TPSA) is 114 Å². The number of rotatable bonds is 12. The van der Waals surface area contributed by atoms with Gasteiger partial charge in [-0.05, 0) is 35.1 Å². The molecule has 0 unspecified atom stereocenters. The number of unbranched alkanes of at least 4 members (excludes halogenated alkanes) is 1. The van der Waals surface area contributed by atoms with Crippen LogP contribution >= 0.6 is 0 Å². The van der Waals surface area contributed by atoms with Crippen molar-refractivity contribution in [1.82, 2.24) is 10.6 Å². The fourth-order valence-corrected chi connectivity index (χ4v) is 3.76. The second kappa shape index (κ2) is 11.9. The molecule has 8 heteroatoms. The van der Waals surface area contributed by atoms with E-state index in [2.05, 4.69) is 34.9 Å². The van der Waals surface area contributed by atoms with Gasteiger partial charge in [0.15, 0.2) is 0 Å². The van der Waals surface area contributed by atoms with Crippen molar-refractivity contribution in [2.75, 3.05) is 32.9 Å². The van der Waals surface area contributed by atoms with Crippen molar-refractivity contribution in [3.05, 3.63) is 59.7 Å². The Bertz CT molecular complexity index is 900. The van der Waals surface area contributed by atoms with Crippen LogP contribution in [0.1, 0.15) is 36.3 Å². The fraction of sp³-hybridized carbons (Fsp3) is 0.375. The first-order valence-electron chi connectivity index (χ1n) is 10.7. The average Bonchev–Trinajstić information content (AvgIpc) is 3.11. The molecule has 170 valence electrons. The van der Waals surface area contributed by atoms with Crippen LogP contribution < -0.4 is 10.6 Å². The monoisotopic (exact) mass is 440 g/mol. The van der Waals surface area contributed by atoms with Gasteiger partial charge in [0.2, 0.25) is 5.91 Å². The van der Waals surface area contributed by atoms with Crippen molar-refractivity contribution in [3.63, 3.8) is 0 Å². The van der Waals surface area contributed by atoms with Crippen LogP contribution in [-0.4, -0.2) is 56.0 Å². The van der Waals surface area contributed by atoms with Gasteiger partial charge in [-0.3, -0.25) is 4.79 Å². The van der Waals surface area contributed by atoms with Gasteiger partial charge in [-0.25, -0.2) is 9.59 Å². The summed E-state index contributed by atoms with van der Waals surface area (Å²) in [6, 6.07) is 16.3. The average molecular weight is 440 g/mol. The zero-order valence-electron chi connectivity index (χ0n) is 17.8. The summed E-state index contributed by atoms with van der Waals surface area (Å²) < 4.78 is 10.3. The van der Waals surface area contributed by atoms with Crippen molar-refractivity contribution in [2.24, 2.45) is 0 Å². The molecular formula is C24H28N2O6. The summed E-state index contributed by atoms with van der Waals surface area (Å²) >= 11 is 0. The number of carbonyl (C=O) groups excluding carboxylic acids is 2. The first-order chi connectivity index (χ1) is 15.6. The number of ether oxygens (including phenoxy) is 2. The van der Waals surface area contributed by atoms with Crippen LogP contribution in [0.2, 0.25) is 0 Å². The SMILES string of the molecule is O=C(O)COCCNC(=O)CCCCNC(=O)OCC1c2ccccc2-c2ccccc21. The highest BCUT2D eigenvalue weighted by molar-refractivity contribution is 5.79. The predicted molar refractivity (Wildman–Crippen MR) is 118 cm³/mol. The second-order valence-corrected chi connectivity index (χ2v) is 7.51. The lowest BCUT2D eigenvalue weighted by atomic mass is 9.98. The highest BCUT2D eigenvalue weighted by atomic mass is 16.5. The summed E-state index contributed by atoms with van der Waals surface area (Å²) in [6.45, 7) is 0.737. The Morgan fingerprint density at radius 2 is 1.53 bits per heavy atom. The molecule has 0 aromatic heterocycles. The maximum absolute atomic E-state index is 12.1. The molecule has 3 N–H and O–H groups in total. The summed E-state index contributed by atoms with van der Waals surface area (Å²) in [5, 5.41) is 13.8. The van der Waals surface area contributed by atoms with E-state index < -0.39 is 12.1 Å². The van der Waals surface area contributed by atoms with Crippen molar-refractivity contribution < 1.29 is 29.0 Å². The zero-order chi connectivity index (χ0) is 22.8. The van der Waals surface area contributed by atoms with Gasteiger partial charge in [0, 0.05) is 25.4 Å². The maximum Gasteiger partial charge on any atom is 0.407 e. The predicted octanol–water partition coefficient (Wildman–Crippen LogP) is 2.91. The Kier molecular flexibility index (Phi) is 8.62. The van der Waals surface area contributed by atoms with Crippen molar-refractivity contribution >= 4 is 18.0 Å². The van der Waals surface area contributed by atoms with E-state index in [1.165, 1.54) is 22.3 Å². The second-order valence-electron chi connectivity index (χ2n) is 7.51. The van der Waals surface area contributed by atoms with Crippen LogP contribution in [0, 0.1) is 0 Å². The molecule has 0 fully saturated rings. The Morgan fingerprint density at radius 3 is 2.19 bits per heavy atom. The van der Waals surface area contributed by atoms with E-state index in [0.717, 1.165) is 0 Å². The van der Waals surface area contributed by atoms with Gasteiger partial charge in [-0.15, -0.1) is 0 Å². The van der Waals surface area contributed by atoms with Gasteiger partial charge >= 0.3 is 12.1 Å². The van der Waals surface area contributed by atoms with Gasteiger partial charge in [0.05, 0.1) is 6.61 Å². The standard InChI is InChI=1S/C24H28N2O6/c27-22(25-13-14-31-16-23(28)29)11-5-6-12-26-24(30)32-15-21-19-9-3-1-7-17(19)18-8-2-4-10-20(18)21/h1-4,7-10,21H,5-6,11-16H2,(H,25,27)(H,26,30)(H,28,29). The number of carboxylic acids is 1. The summed E-state index contributed by atoms with van der Waals surface area (Å²) in [7, 11) is 0. The minimum atomic E-state index is -1.04. The van der Waals surface area contributed by atoms with Gasteiger partial charge < -0.3 is 25.2 Å². The summed E-state index contributed by atoms with van der Waals surface area (Å²) in [5.41, 5.74) is 4.70. The van der Waals surface area contributed by atoms with Crippen molar-refractivity contribution in [1.29, 1.82) is 0 Å². The first kappa shape index (κ1) is 23.3. The Labute approximate surface area is 186 Å². The number of amides is 2. The number of hydrogen-bond donors (Lipinski definition) is 3. The lowest BCUT2D eigenvalue weighted by Gasteiger charge is -2.14. The lowest BCUT2D eigenvalue weighted by Crippen LogP contribution is -2.29. The molecule has 0 radical (unpaired) electrons. The Hall–Kier alpha value is -3.39. The van der Waals surface area contributed by atoms with Crippen LogP contribution in [-0.2, 0) is 19.1 Å². The molecule has 2 amide bonds. The third-order valence-electron chi connectivity index (χ3n) is 5.24. The van der Waals surface area contributed by atoms with Crippen LogP contribution in [0.15, 0.2) is 48.5 Å². The summed E-state index contributed by atoms with van der Waals surface area (Å²) in [4.78, 5) is 34.1. The number of aliphatic carboxylic acids is 1. The summed E-state index contributed by atoms with van der Waals surface area (Å²) in [5.74, 6) is -1.15. The number of fused-ring (bicyclic) bond motifs is 3. The van der Waals surface area contributed by atoms with Crippen LogP contribution in [0.5, 0.6) is 0 Å². The molecule has 8 nitrogen and oxygen atoms in total. The number of carbonyl (C=O) groups is 3. The highest BCUT2D eigenvalue weighted by Crippen LogP contribution is 2.44. The van der Waals surface area contributed by atoms with E-state index in [1.54, 1.807) is 0 Å². The van der Waals surface area contributed by atoms with E-state index in [1.807, 2.05) is 24.3 Å². The molecule has 2 aromatic carbocycles. The fourth-order valence-electron chi connectivity index (χ4n) is 3.76. The molecule has 1 aliphatic carbocycles. The number of benzene rings is 2. The van der Waals surface area contributed by atoms with E-state index >= 15 is 0 Å². The normalized spacial score (nSPS) is 12.0. The molecule has 0 atom stereocenters. The van der Waals surface area contributed by atoms with Gasteiger partial charge in [0.1, 0.15) is 13.2 Å². The lowest BCUT2D eigenvalue weighted by molar-refractivity contribution is -0.142. The molecule has 0 aliphatic heterocycles. The van der Waals surface area contributed by atoms with E-state index in [9.17, 15) is 14.4 Å². The maximum atomic E-state index is 12.1. The van der Waals surface area contributed by atoms with Crippen molar-refractivity contribution in [3.8, 4) is 11.1 Å². The molecule has 32 heavy (non-hydrogen) atoms. The van der Waals surface area contributed by atoms with Gasteiger partial charge in [-0.2, -0.15) is 0 Å². The number of carboxylic acid groups (broad SMARTS) is 1. The minimum Gasteiger partial charge on any atom is -0.480 e. The number of alkyl carbamates (subject to hydrolysis) is 1.